The Bertz CT molecular complexity index is 861. The van der Waals surface area contributed by atoms with Gasteiger partial charge in [0.05, 0.1) is 9.79 Å². The van der Waals surface area contributed by atoms with Crippen LogP contribution in [0.4, 0.5) is 5.69 Å². The molecule has 0 aromatic heterocycles. The van der Waals surface area contributed by atoms with Crippen LogP contribution < -0.4 is 9.44 Å². The number of rotatable bonds is 5. The maximum absolute atomic E-state index is 12.2. The maximum Gasteiger partial charge on any atom is 0.261 e. The molecule has 6 nitrogen and oxygen atoms in total. The summed E-state index contributed by atoms with van der Waals surface area (Å²) in [5, 5.41) is 0. The highest BCUT2D eigenvalue weighted by Crippen LogP contribution is 2.19. The van der Waals surface area contributed by atoms with E-state index in [1.807, 2.05) is 0 Å². The van der Waals surface area contributed by atoms with E-state index in [0.717, 1.165) is 3.57 Å². The monoisotopic (exact) mass is 452 g/mol. The molecular formula is C13H13IN2O4S2. The zero-order valence-corrected chi connectivity index (χ0v) is 15.2. The Labute approximate surface area is 143 Å². The molecule has 0 heterocycles. The van der Waals surface area contributed by atoms with Crippen molar-refractivity contribution in [3.05, 3.63) is 52.1 Å². The number of halogens is 1. The first kappa shape index (κ1) is 17.2. The minimum absolute atomic E-state index is 0.00298. The summed E-state index contributed by atoms with van der Waals surface area (Å²) in [5.74, 6) is 0. The van der Waals surface area contributed by atoms with Crippen LogP contribution in [-0.4, -0.2) is 23.9 Å². The molecule has 0 aliphatic heterocycles. The Balaban J connectivity index is 2.28. The molecule has 0 atom stereocenters. The SMILES string of the molecule is CNS(=O)(=O)c1ccc(S(=O)(=O)Nc2ccc(I)cc2)cc1. The summed E-state index contributed by atoms with van der Waals surface area (Å²) in [5.41, 5.74) is 0.437. The van der Waals surface area contributed by atoms with Crippen LogP contribution in [0.5, 0.6) is 0 Å². The van der Waals surface area contributed by atoms with Crippen LogP contribution in [-0.2, 0) is 20.0 Å². The first-order valence-corrected chi connectivity index (χ1v) is 10.1. The van der Waals surface area contributed by atoms with E-state index in [1.54, 1.807) is 24.3 Å². The molecule has 0 fully saturated rings. The largest absolute Gasteiger partial charge is 0.280 e. The lowest BCUT2D eigenvalue weighted by Crippen LogP contribution is -2.19. The van der Waals surface area contributed by atoms with Crippen LogP contribution in [0.1, 0.15) is 0 Å². The van der Waals surface area contributed by atoms with Crippen molar-refractivity contribution < 1.29 is 16.8 Å². The van der Waals surface area contributed by atoms with Crippen molar-refractivity contribution in [2.24, 2.45) is 0 Å². The predicted octanol–water partition coefficient (Wildman–Crippen LogP) is 2.00. The van der Waals surface area contributed by atoms with Gasteiger partial charge in [0.2, 0.25) is 10.0 Å². The summed E-state index contributed by atoms with van der Waals surface area (Å²) < 4.78 is 53.3. The van der Waals surface area contributed by atoms with E-state index in [4.69, 9.17) is 0 Å². The van der Waals surface area contributed by atoms with Crippen molar-refractivity contribution in [1.29, 1.82) is 0 Å². The van der Waals surface area contributed by atoms with Gasteiger partial charge < -0.3 is 0 Å². The smallest absolute Gasteiger partial charge is 0.261 e. The van der Waals surface area contributed by atoms with Gasteiger partial charge in [0.25, 0.3) is 10.0 Å². The lowest BCUT2D eigenvalue weighted by Gasteiger charge is -2.09. The number of anilines is 1. The normalized spacial score (nSPS) is 12.1. The summed E-state index contributed by atoms with van der Waals surface area (Å²) >= 11 is 2.12. The van der Waals surface area contributed by atoms with Gasteiger partial charge in [0.15, 0.2) is 0 Å². The molecule has 2 aromatic rings. The third kappa shape index (κ3) is 3.97. The fourth-order valence-corrected chi connectivity index (χ4v) is 3.80. The number of sulfonamides is 2. The summed E-state index contributed by atoms with van der Waals surface area (Å²) in [6, 6.07) is 11.8. The second-order valence-corrected chi connectivity index (χ2v) is 9.11. The van der Waals surface area contributed by atoms with Gasteiger partial charge in [0.1, 0.15) is 0 Å². The molecule has 2 rings (SSSR count). The summed E-state index contributed by atoms with van der Waals surface area (Å²) in [4.78, 5) is -0.00989. The van der Waals surface area contributed by atoms with Crippen LogP contribution in [0, 0.1) is 3.57 Å². The van der Waals surface area contributed by atoms with Gasteiger partial charge in [-0.05, 0) is 78.2 Å². The topological polar surface area (TPSA) is 92.3 Å². The second kappa shape index (κ2) is 6.52. The Morgan fingerprint density at radius 2 is 1.23 bits per heavy atom. The predicted molar refractivity (Wildman–Crippen MR) is 92.7 cm³/mol. The van der Waals surface area contributed by atoms with Crippen molar-refractivity contribution in [3.8, 4) is 0 Å². The average molecular weight is 452 g/mol. The van der Waals surface area contributed by atoms with E-state index >= 15 is 0 Å². The second-order valence-electron chi connectivity index (χ2n) is 4.29. The van der Waals surface area contributed by atoms with Gasteiger partial charge in [-0.2, -0.15) is 0 Å². The molecular weight excluding hydrogens is 439 g/mol. The first-order valence-electron chi connectivity index (χ1n) is 6.06. The minimum Gasteiger partial charge on any atom is -0.280 e. The number of nitrogens with one attached hydrogen (secondary N) is 2. The minimum atomic E-state index is -3.76. The highest BCUT2D eigenvalue weighted by atomic mass is 127. The zero-order valence-electron chi connectivity index (χ0n) is 11.4. The van der Waals surface area contributed by atoms with E-state index in [1.165, 1.54) is 31.3 Å². The zero-order chi connectivity index (χ0) is 16.4. The van der Waals surface area contributed by atoms with Crippen LogP contribution in [0.25, 0.3) is 0 Å². The summed E-state index contributed by atoms with van der Waals surface area (Å²) in [7, 11) is -6.06. The molecule has 0 amide bonds. The van der Waals surface area contributed by atoms with E-state index in [2.05, 4.69) is 32.0 Å². The van der Waals surface area contributed by atoms with Crippen molar-refractivity contribution >= 4 is 48.3 Å². The highest BCUT2D eigenvalue weighted by Gasteiger charge is 2.17. The van der Waals surface area contributed by atoms with Gasteiger partial charge in [-0.25, -0.2) is 21.6 Å². The number of hydrogen-bond donors (Lipinski definition) is 2. The van der Waals surface area contributed by atoms with E-state index in [0.29, 0.717) is 5.69 Å². The van der Waals surface area contributed by atoms with Gasteiger partial charge >= 0.3 is 0 Å². The van der Waals surface area contributed by atoms with E-state index in [-0.39, 0.29) is 9.79 Å². The molecule has 0 aliphatic rings. The summed E-state index contributed by atoms with van der Waals surface area (Å²) in [6.07, 6.45) is 0. The quantitative estimate of drug-likeness (QED) is 0.679. The molecule has 0 aliphatic carbocycles. The van der Waals surface area contributed by atoms with Crippen LogP contribution in [0.15, 0.2) is 58.3 Å². The van der Waals surface area contributed by atoms with Gasteiger partial charge in [-0.3, -0.25) is 4.72 Å². The molecule has 0 radical (unpaired) electrons. The van der Waals surface area contributed by atoms with Gasteiger partial charge in [-0.1, -0.05) is 0 Å². The number of hydrogen-bond acceptors (Lipinski definition) is 4. The molecule has 118 valence electrons. The lowest BCUT2D eigenvalue weighted by atomic mass is 10.3. The van der Waals surface area contributed by atoms with Crippen LogP contribution in [0.2, 0.25) is 0 Å². The van der Waals surface area contributed by atoms with Crippen molar-refractivity contribution in [2.45, 2.75) is 9.79 Å². The first-order chi connectivity index (χ1) is 10.2. The Morgan fingerprint density at radius 1 is 0.773 bits per heavy atom. The Kier molecular flexibility index (Phi) is 5.10. The number of benzene rings is 2. The summed E-state index contributed by atoms with van der Waals surface area (Å²) in [6.45, 7) is 0. The molecule has 0 saturated heterocycles. The van der Waals surface area contributed by atoms with Crippen LogP contribution >= 0.6 is 22.6 Å². The molecule has 22 heavy (non-hydrogen) atoms. The third-order valence-electron chi connectivity index (χ3n) is 2.81. The van der Waals surface area contributed by atoms with E-state index in [9.17, 15) is 16.8 Å². The molecule has 0 unspecified atom stereocenters. The average Bonchev–Trinajstić information content (AvgIpc) is 2.49. The van der Waals surface area contributed by atoms with Crippen molar-refractivity contribution in [3.63, 3.8) is 0 Å². The third-order valence-corrected chi connectivity index (χ3v) is 6.36. The van der Waals surface area contributed by atoms with Crippen molar-refractivity contribution in [2.75, 3.05) is 11.8 Å². The van der Waals surface area contributed by atoms with Crippen LogP contribution in [0.3, 0.4) is 0 Å². The fourth-order valence-electron chi connectivity index (χ4n) is 1.65. The Hall–Kier alpha value is -1.17. The molecule has 0 bridgehead atoms. The maximum atomic E-state index is 12.2. The molecule has 2 aromatic carbocycles. The van der Waals surface area contributed by atoms with E-state index < -0.39 is 20.0 Å². The lowest BCUT2D eigenvalue weighted by molar-refractivity contribution is 0.587. The highest BCUT2D eigenvalue weighted by molar-refractivity contribution is 14.1. The standard InChI is InChI=1S/C13H13IN2O4S2/c1-15-21(17,18)12-6-8-13(9-7-12)22(19,20)16-11-4-2-10(14)3-5-11/h2-9,15-16H,1H3. The Morgan fingerprint density at radius 3 is 1.68 bits per heavy atom. The fraction of sp³-hybridized carbons (Fsp3) is 0.0769. The van der Waals surface area contributed by atoms with Gasteiger partial charge in [0, 0.05) is 9.26 Å². The van der Waals surface area contributed by atoms with Gasteiger partial charge in [-0.15, -0.1) is 0 Å². The molecule has 0 saturated carbocycles. The van der Waals surface area contributed by atoms with Crippen molar-refractivity contribution in [1.82, 2.24) is 4.72 Å². The molecule has 9 heteroatoms. The molecule has 2 N–H and O–H groups in total. The molecule has 0 spiro atoms.